The SMILES string of the molecule is CC1Cc2[nH]c(CC(F)(F)F)nc2C(C)C1. The zero-order valence-corrected chi connectivity index (χ0v) is 9.36. The first kappa shape index (κ1) is 11.5. The molecule has 0 saturated carbocycles. The molecule has 2 atom stereocenters. The molecule has 0 saturated heterocycles. The Labute approximate surface area is 92.3 Å². The molecule has 0 aromatic carbocycles. The Kier molecular flexibility index (Phi) is 2.72. The molecule has 0 radical (unpaired) electrons. The van der Waals surface area contributed by atoms with Crippen LogP contribution in [-0.4, -0.2) is 16.1 Å². The van der Waals surface area contributed by atoms with Gasteiger partial charge in [0, 0.05) is 11.6 Å². The van der Waals surface area contributed by atoms with E-state index >= 15 is 0 Å². The topological polar surface area (TPSA) is 28.7 Å². The molecule has 0 fully saturated rings. The number of alkyl halides is 3. The van der Waals surface area contributed by atoms with Gasteiger partial charge in [0.25, 0.3) is 0 Å². The van der Waals surface area contributed by atoms with Crippen molar-refractivity contribution in [3.8, 4) is 0 Å². The molecule has 0 bridgehead atoms. The van der Waals surface area contributed by atoms with Gasteiger partial charge in [-0.25, -0.2) is 4.98 Å². The summed E-state index contributed by atoms with van der Waals surface area (Å²) in [4.78, 5) is 6.90. The van der Waals surface area contributed by atoms with Crippen molar-refractivity contribution in [1.29, 1.82) is 0 Å². The minimum absolute atomic E-state index is 0.0541. The number of aromatic nitrogens is 2. The van der Waals surface area contributed by atoms with E-state index in [1.807, 2.05) is 6.92 Å². The highest BCUT2D eigenvalue weighted by atomic mass is 19.4. The maximum Gasteiger partial charge on any atom is 0.396 e. The number of fused-ring (bicyclic) bond motifs is 1. The average molecular weight is 232 g/mol. The zero-order chi connectivity index (χ0) is 11.9. The number of hydrogen-bond acceptors (Lipinski definition) is 1. The maximum atomic E-state index is 12.2. The lowest BCUT2D eigenvalue weighted by atomic mass is 9.84. The van der Waals surface area contributed by atoms with Gasteiger partial charge in [0.05, 0.1) is 5.69 Å². The second kappa shape index (κ2) is 3.79. The first-order valence-electron chi connectivity index (χ1n) is 5.49. The van der Waals surface area contributed by atoms with Crippen molar-refractivity contribution in [1.82, 2.24) is 9.97 Å². The van der Waals surface area contributed by atoms with Crippen LogP contribution in [0.5, 0.6) is 0 Å². The highest BCUT2D eigenvalue weighted by Gasteiger charge is 2.32. The van der Waals surface area contributed by atoms with Gasteiger partial charge < -0.3 is 4.98 Å². The van der Waals surface area contributed by atoms with Gasteiger partial charge in [0.2, 0.25) is 0 Å². The summed E-state index contributed by atoms with van der Waals surface area (Å²) >= 11 is 0. The second-order valence-corrected chi connectivity index (χ2v) is 4.79. The third-order valence-corrected chi connectivity index (χ3v) is 3.00. The molecule has 90 valence electrons. The van der Waals surface area contributed by atoms with Crippen LogP contribution >= 0.6 is 0 Å². The van der Waals surface area contributed by atoms with Crippen LogP contribution in [0.3, 0.4) is 0 Å². The van der Waals surface area contributed by atoms with Crippen LogP contribution < -0.4 is 0 Å². The summed E-state index contributed by atoms with van der Waals surface area (Å²) in [5, 5.41) is 0. The van der Waals surface area contributed by atoms with Crippen molar-refractivity contribution in [3.63, 3.8) is 0 Å². The van der Waals surface area contributed by atoms with Crippen LogP contribution in [-0.2, 0) is 12.8 Å². The van der Waals surface area contributed by atoms with Gasteiger partial charge in [-0.2, -0.15) is 13.2 Å². The van der Waals surface area contributed by atoms with E-state index in [0.717, 1.165) is 24.2 Å². The van der Waals surface area contributed by atoms with E-state index in [4.69, 9.17) is 0 Å². The van der Waals surface area contributed by atoms with Crippen LogP contribution in [0.1, 0.15) is 43.4 Å². The fourth-order valence-electron chi connectivity index (χ4n) is 2.46. The van der Waals surface area contributed by atoms with Gasteiger partial charge >= 0.3 is 6.18 Å². The van der Waals surface area contributed by atoms with Gasteiger partial charge in [-0.15, -0.1) is 0 Å². The number of H-pyrrole nitrogens is 1. The normalized spacial score (nSPS) is 25.6. The average Bonchev–Trinajstić information content (AvgIpc) is 2.43. The van der Waals surface area contributed by atoms with E-state index in [1.165, 1.54) is 0 Å². The molecule has 2 rings (SSSR count). The van der Waals surface area contributed by atoms with Gasteiger partial charge in [0.15, 0.2) is 0 Å². The van der Waals surface area contributed by atoms with Crippen LogP contribution in [0, 0.1) is 5.92 Å². The molecular formula is C11H15F3N2. The Morgan fingerprint density at radius 3 is 2.69 bits per heavy atom. The Morgan fingerprint density at radius 2 is 2.06 bits per heavy atom. The van der Waals surface area contributed by atoms with Crippen molar-refractivity contribution in [2.75, 3.05) is 0 Å². The van der Waals surface area contributed by atoms with E-state index in [9.17, 15) is 13.2 Å². The lowest BCUT2D eigenvalue weighted by Gasteiger charge is -2.22. The Morgan fingerprint density at radius 1 is 1.38 bits per heavy atom. The summed E-state index contributed by atoms with van der Waals surface area (Å²) in [5.74, 6) is 0.831. The van der Waals surface area contributed by atoms with Crippen molar-refractivity contribution in [2.45, 2.75) is 45.2 Å². The summed E-state index contributed by atoms with van der Waals surface area (Å²) in [6.07, 6.45) is -3.33. The minimum atomic E-state index is -4.19. The van der Waals surface area contributed by atoms with E-state index in [1.54, 1.807) is 0 Å². The molecule has 5 heteroatoms. The number of nitrogens with zero attached hydrogens (tertiary/aromatic N) is 1. The molecule has 1 aliphatic rings. The van der Waals surface area contributed by atoms with E-state index in [2.05, 4.69) is 16.9 Å². The van der Waals surface area contributed by atoms with Crippen molar-refractivity contribution in [2.24, 2.45) is 5.92 Å². The fraction of sp³-hybridized carbons (Fsp3) is 0.727. The molecule has 16 heavy (non-hydrogen) atoms. The maximum absolute atomic E-state index is 12.2. The largest absolute Gasteiger partial charge is 0.396 e. The van der Waals surface area contributed by atoms with Crippen LogP contribution in [0.25, 0.3) is 0 Å². The summed E-state index contributed by atoms with van der Waals surface area (Å²) in [6.45, 7) is 4.14. The first-order valence-corrected chi connectivity index (χ1v) is 5.49. The molecule has 1 aromatic rings. The van der Waals surface area contributed by atoms with Gasteiger partial charge in [-0.1, -0.05) is 13.8 Å². The summed E-state index contributed by atoms with van der Waals surface area (Å²) < 4.78 is 36.7. The minimum Gasteiger partial charge on any atom is -0.345 e. The molecule has 2 nitrogen and oxygen atoms in total. The van der Waals surface area contributed by atoms with Crippen LogP contribution in [0.15, 0.2) is 0 Å². The number of aromatic amines is 1. The Bertz CT molecular complexity index is 381. The molecular weight excluding hydrogens is 217 g/mol. The Hall–Kier alpha value is -1.00. The van der Waals surface area contributed by atoms with E-state index < -0.39 is 12.6 Å². The number of nitrogens with one attached hydrogen (secondary N) is 1. The second-order valence-electron chi connectivity index (χ2n) is 4.79. The van der Waals surface area contributed by atoms with Crippen molar-refractivity contribution < 1.29 is 13.2 Å². The van der Waals surface area contributed by atoms with E-state index in [0.29, 0.717) is 5.92 Å². The lowest BCUT2D eigenvalue weighted by molar-refractivity contribution is -0.128. The van der Waals surface area contributed by atoms with Gasteiger partial charge in [-0.3, -0.25) is 0 Å². The monoisotopic (exact) mass is 232 g/mol. The van der Waals surface area contributed by atoms with Crippen LogP contribution in [0.2, 0.25) is 0 Å². The first-order chi connectivity index (χ1) is 7.35. The number of halogens is 3. The number of imidazole rings is 1. The van der Waals surface area contributed by atoms with Crippen molar-refractivity contribution in [3.05, 3.63) is 17.2 Å². The summed E-state index contributed by atoms with van der Waals surface area (Å²) in [7, 11) is 0. The summed E-state index contributed by atoms with van der Waals surface area (Å²) in [5.41, 5.74) is 1.72. The standard InChI is InChI=1S/C11H15F3N2/c1-6-3-7(2)10-8(4-6)15-9(16-10)5-11(12,13)14/h6-7H,3-5H2,1-2H3,(H,15,16). The predicted molar refractivity (Wildman–Crippen MR) is 54.2 cm³/mol. The van der Waals surface area contributed by atoms with Gasteiger partial charge in [-0.05, 0) is 18.8 Å². The van der Waals surface area contributed by atoms with Gasteiger partial charge in [0.1, 0.15) is 12.2 Å². The number of hydrogen-bond donors (Lipinski definition) is 1. The molecule has 1 aliphatic carbocycles. The fourth-order valence-corrected chi connectivity index (χ4v) is 2.46. The Balaban J connectivity index is 2.23. The lowest BCUT2D eigenvalue weighted by Crippen LogP contribution is -2.14. The zero-order valence-electron chi connectivity index (χ0n) is 9.36. The smallest absolute Gasteiger partial charge is 0.345 e. The molecule has 0 spiro atoms. The quantitative estimate of drug-likeness (QED) is 0.791. The highest BCUT2D eigenvalue weighted by molar-refractivity contribution is 5.22. The molecule has 2 unspecified atom stereocenters. The molecule has 1 heterocycles. The third kappa shape index (κ3) is 2.39. The predicted octanol–water partition coefficient (Wildman–Crippen LogP) is 3.20. The van der Waals surface area contributed by atoms with E-state index in [-0.39, 0.29) is 11.7 Å². The third-order valence-electron chi connectivity index (χ3n) is 3.00. The molecule has 1 aromatic heterocycles. The number of rotatable bonds is 1. The molecule has 0 aliphatic heterocycles. The van der Waals surface area contributed by atoms with Crippen molar-refractivity contribution >= 4 is 0 Å². The molecule has 1 N–H and O–H groups in total. The van der Waals surface area contributed by atoms with Crippen LogP contribution in [0.4, 0.5) is 13.2 Å². The highest BCUT2D eigenvalue weighted by Crippen LogP contribution is 2.33. The summed E-state index contributed by atoms with van der Waals surface area (Å²) in [6, 6.07) is 0. The molecule has 0 amide bonds.